The Hall–Kier alpha value is -2.33. The number of benzene rings is 4. The molecule has 3 nitrogen and oxygen atoms in total. The summed E-state index contributed by atoms with van der Waals surface area (Å²) in [5.74, 6) is 0. The van der Waals surface area contributed by atoms with Crippen molar-refractivity contribution < 1.29 is 4.92 Å². The predicted molar refractivity (Wildman–Crippen MR) is 144 cm³/mol. The number of rotatable bonds is 7. The summed E-state index contributed by atoms with van der Waals surface area (Å²) in [5, 5.41) is 12.7. The minimum atomic E-state index is -3.31. The molecule has 32 heavy (non-hydrogen) atoms. The second kappa shape index (κ2) is 9.27. The molecule has 4 rings (SSSR count). The fourth-order valence-electron chi connectivity index (χ4n) is 4.37. The molecule has 0 saturated carbocycles. The third-order valence-electron chi connectivity index (χ3n) is 5.88. The van der Waals surface area contributed by atoms with Gasteiger partial charge >= 0.3 is 205 Å². The van der Waals surface area contributed by atoms with Crippen molar-refractivity contribution in [3.63, 3.8) is 0 Å². The molecule has 0 N–H and O–H groups in total. The van der Waals surface area contributed by atoms with E-state index in [9.17, 15) is 10.1 Å². The first kappa shape index (κ1) is 22.8. The van der Waals surface area contributed by atoms with Crippen LogP contribution in [-0.4, -0.2) is 4.92 Å². The molecule has 0 aliphatic carbocycles. The van der Waals surface area contributed by atoms with Crippen LogP contribution >= 0.6 is 36.7 Å². The number of para-hydroxylation sites is 1. The summed E-state index contributed by atoms with van der Waals surface area (Å²) in [6, 6.07) is 36.6. The summed E-state index contributed by atoms with van der Waals surface area (Å²) in [7, 11) is 0. The van der Waals surface area contributed by atoms with E-state index in [0.717, 1.165) is 21.5 Å². The summed E-state index contributed by atoms with van der Waals surface area (Å²) in [4.78, 5) is 11.9. The summed E-state index contributed by atoms with van der Waals surface area (Å²) in [6.07, 6.45) is 0.487. The van der Waals surface area contributed by atoms with Crippen LogP contribution in [0, 0.1) is 10.1 Å². The Kier molecular flexibility index (Phi) is 6.62. The van der Waals surface area contributed by atoms with E-state index in [1.165, 1.54) is 0 Å². The zero-order valence-electron chi connectivity index (χ0n) is 17.3. The number of halogens is 2. The fraction of sp³-hybridized carbons (Fsp3) is 0.0769. The second-order valence-electron chi connectivity index (χ2n) is 7.66. The van der Waals surface area contributed by atoms with Gasteiger partial charge in [-0.2, -0.15) is 0 Å². The van der Waals surface area contributed by atoms with Crippen LogP contribution in [0.2, 0.25) is 0 Å². The van der Waals surface area contributed by atoms with Crippen LogP contribution < -0.4 is 15.9 Å². The number of hydrogen-bond acceptors (Lipinski definition) is 2. The minimum absolute atomic E-state index is 0.181. The molecule has 4 aromatic carbocycles. The van der Waals surface area contributed by atoms with Gasteiger partial charge in [-0.1, -0.05) is 0 Å². The molecule has 0 aromatic heterocycles. The zero-order chi connectivity index (χ0) is 22.6. The zero-order valence-corrected chi connectivity index (χ0v) is 21.3. The van der Waals surface area contributed by atoms with Crippen molar-refractivity contribution in [2.45, 2.75) is 11.5 Å². The Morgan fingerprint density at radius 3 is 1.44 bits per heavy atom. The molecular formula is C26H22Br2NO2P. The molecule has 0 heterocycles. The topological polar surface area (TPSA) is 43.1 Å². The summed E-state index contributed by atoms with van der Waals surface area (Å²) < 4.78 is 0. The number of hydrogen-bond donors (Lipinski definition) is 0. The van der Waals surface area contributed by atoms with E-state index in [1.807, 2.05) is 72.8 Å². The van der Waals surface area contributed by atoms with Crippen molar-refractivity contribution in [2.75, 3.05) is 0 Å². The Labute approximate surface area is 204 Å². The fourth-order valence-corrected chi connectivity index (χ4v) is 12.5. The molecule has 0 spiro atoms. The van der Waals surface area contributed by atoms with Crippen molar-refractivity contribution in [3.8, 4) is 0 Å². The van der Waals surface area contributed by atoms with Crippen molar-refractivity contribution >= 4 is 58.3 Å². The van der Waals surface area contributed by atoms with E-state index in [4.69, 9.17) is 0 Å². The maximum atomic E-state index is 12.2. The average Bonchev–Trinajstić information content (AvgIpc) is 2.85. The third kappa shape index (κ3) is 3.83. The molecule has 0 amide bonds. The molecule has 0 bridgehead atoms. The van der Waals surface area contributed by atoms with E-state index in [0.29, 0.717) is 17.1 Å². The van der Waals surface area contributed by atoms with Gasteiger partial charge in [0.2, 0.25) is 0 Å². The Balaban J connectivity index is 2.12. The van der Waals surface area contributed by atoms with Crippen molar-refractivity contribution in [2.24, 2.45) is 0 Å². The SMILES string of the molecule is O=[N+]([O-])c1c(CBr)cccc1CP(Br)(c1ccccc1)(c1ccccc1)c1ccccc1. The second-order valence-corrected chi connectivity index (χ2v) is 17.2. The number of nitro groups is 1. The van der Waals surface area contributed by atoms with Gasteiger partial charge in [-0.05, 0) is 0 Å². The van der Waals surface area contributed by atoms with Gasteiger partial charge < -0.3 is 0 Å². The van der Waals surface area contributed by atoms with E-state index < -0.39 is 5.31 Å². The molecular weight excluding hydrogens is 549 g/mol. The van der Waals surface area contributed by atoms with Gasteiger partial charge in [0.15, 0.2) is 0 Å². The van der Waals surface area contributed by atoms with Crippen molar-refractivity contribution in [1.82, 2.24) is 0 Å². The van der Waals surface area contributed by atoms with Crippen LogP contribution in [0.1, 0.15) is 11.1 Å². The standard InChI is InChI=1S/C26H22Br2NO2P/c27-19-21-11-10-12-22(26(21)29(30)31)20-32(28,23-13-4-1-5-14-23,24-15-6-2-7-16-24)25-17-8-3-9-18-25/h1-18H,19-20H2. The molecule has 0 fully saturated rings. The van der Waals surface area contributed by atoms with Crippen LogP contribution in [-0.2, 0) is 11.5 Å². The predicted octanol–water partition coefficient (Wildman–Crippen LogP) is 6.83. The average molecular weight is 571 g/mol. The molecule has 0 aliphatic heterocycles. The van der Waals surface area contributed by atoms with Crippen LogP contribution in [0.3, 0.4) is 0 Å². The first-order valence-corrected chi connectivity index (χ1v) is 15.8. The van der Waals surface area contributed by atoms with Gasteiger partial charge in [0.25, 0.3) is 0 Å². The molecule has 162 valence electrons. The molecule has 0 atom stereocenters. The van der Waals surface area contributed by atoms with Gasteiger partial charge in [-0.15, -0.1) is 0 Å². The molecule has 0 unspecified atom stereocenters. The summed E-state index contributed by atoms with van der Waals surface area (Å²) in [5.41, 5.74) is 1.58. The molecule has 4 aromatic rings. The molecule has 6 heteroatoms. The maximum absolute atomic E-state index is 12.2. The summed E-state index contributed by atoms with van der Waals surface area (Å²) >= 11 is 7.81. The van der Waals surface area contributed by atoms with E-state index in [2.05, 4.69) is 67.8 Å². The number of nitrogens with zero attached hydrogens (tertiary/aromatic N) is 1. The van der Waals surface area contributed by atoms with Crippen LogP contribution in [0.25, 0.3) is 0 Å². The van der Waals surface area contributed by atoms with Gasteiger partial charge in [-0.3, -0.25) is 0 Å². The van der Waals surface area contributed by atoms with Crippen LogP contribution in [0.4, 0.5) is 5.69 Å². The first-order chi connectivity index (χ1) is 15.5. The molecule has 0 radical (unpaired) electrons. The van der Waals surface area contributed by atoms with Crippen LogP contribution in [0.5, 0.6) is 0 Å². The quantitative estimate of drug-likeness (QED) is 0.106. The van der Waals surface area contributed by atoms with Gasteiger partial charge in [0, 0.05) is 0 Å². The Morgan fingerprint density at radius 2 is 1.06 bits per heavy atom. The number of alkyl halides is 1. The molecule has 0 aliphatic rings. The van der Waals surface area contributed by atoms with Crippen LogP contribution in [0.15, 0.2) is 109 Å². The van der Waals surface area contributed by atoms with Gasteiger partial charge in [0.1, 0.15) is 0 Å². The third-order valence-corrected chi connectivity index (χ3v) is 16.0. The summed E-state index contributed by atoms with van der Waals surface area (Å²) in [6.45, 7) is 0. The molecule has 0 saturated heterocycles. The van der Waals surface area contributed by atoms with E-state index in [1.54, 1.807) is 0 Å². The van der Waals surface area contributed by atoms with Gasteiger partial charge in [-0.25, -0.2) is 0 Å². The normalized spacial score (nSPS) is 12.6. The van der Waals surface area contributed by atoms with E-state index in [-0.39, 0.29) is 10.6 Å². The van der Waals surface area contributed by atoms with Crippen molar-refractivity contribution in [1.29, 1.82) is 0 Å². The monoisotopic (exact) mass is 569 g/mol. The van der Waals surface area contributed by atoms with Gasteiger partial charge in [0.05, 0.1) is 0 Å². The first-order valence-electron chi connectivity index (χ1n) is 10.2. The number of nitro benzene ring substituents is 1. The Morgan fingerprint density at radius 1 is 0.656 bits per heavy atom. The van der Waals surface area contributed by atoms with E-state index >= 15 is 0 Å². The Bertz CT molecular complexity index is 1140. The van der Waals surface area contributed by atoms with Crippen molar-refractivity contribution in [3.05, 3.63) is 130 Å².